The minimum Gasteiger partial charge on any atom is -0.462 e. The van der Waals surface area contributed by atoms with E-state index >= 15 is 0 Å². The summed E-state index contributed by atoms with van der Waals surface area (Å²) in [5.41, 5.74) is -2.45. The van der Waals surface area contributed by atoms with Crippen molar-refractivity contribution in [3.63, 3.8) is 0 Å². The Morgan fingerprint density at radius 1 is 0.875 bits per heavy atom. The number of rotatable bonds is 7. The Morgan fingerprint density at radius 3 is 2.10 bits per heavy atom. The zero-order valence-corrected chi connectivity index (χ0v) is 31.9. The van der Waals surface area contributed by atoms with E-state index in [1.54, 1.807) is 27.9 Å². The average Bonchev–Trinajstić information content (AvgIpc) is 3.01. The van der Waals surface area contributed by atoms with Crippen LogP contribution in [0, 0.1) is 29.6 Å². The summed E-state index contributed by atoms with van der Waals surface area (Å²) in [6, 6.07) is 0.211. The van der Waals surface area contributed by atoms with Crippen molar-refractivity contribution in [1.29, 1.82) is 0 Å². The van der Waals surface area contributed by atoms with Crippen LogP contribution >= 0.6 is 0 Å². The molecule has 16 atom stereocenters. The summed E-state index contributed by atoms with van der Waals surface area (Å²) in [5.74, 6) is -2.47. The number of carbonyl (C=O) groups is 2. The Hall–Kier alpha value is -1.18. The molecule has 3 saturated heterocycles. The number of Topliss-reactive ketones (excluding diaryl/α,β-unsaturated/α-hetero) is 1. The van der Waals surface area contributed by atoms with E-state index in [2.05, 4.69) is 4.90 Å². The predicted octanol–water partition coefficient (Wildman–Crippen LogP) is 4.73. The quantitative estimate of drug-likeness (QED) is 0.361. The van der Waals surface area contributed by atoms with Gasteiger partial charge in [0, 0.05) is 43.7 Å². The van der Waals surface area contributed by atoms with Crippen molar-refractivity contribution < 1.29 is 48.2 Å². The minimum atomic E-state index is -1.50. The zero-order valence-electron chi connectivity index (χ0n) is 31.9. The van der Waals surface area contributed by atoms with Gasteiger partial charge in [-0.3, -0.25) is 9.59 Å². The van der Waals surface area contributed by atoms with E-state index in [-0.39, 0.29) is 42.6 Å². The van der Waals surface area contributed by atoms with Gasteiger partial charge in [-0.15, -0.1) is 0 Å². The van der Waals surface area contributed by atoms with Crippen molar-refractivity contribution in [1.82, 2.24) is 4.90 Å². The molecule has 0 aliphatic carbocycles. The molecule has 0 saturated carbocycles. The molecule has 3 heterocycles. The van der Waals surface area contributed by atoms with Crippen molar-refractivity contribution in [3.05, 3.63) is 0 Å². The number of hydrogen-bond acceptors (Lipinski definition) is 11. The molecule has 0 radical (unpaired) electrons. The van der Waals surface area contributed by atoms with Crippen molar-refractivity contribution in [2.45, 2.75) is 174 Å². The Labute approximate surface area is 289 Å². The van der Waals surface area contributed by atoms with E-state index in [1.807, 2.05) is 62.6 Å². The molecular formula is C37H67NO10. The molecule has 3 fully saturated rings. The fourth-order valence-electron chi connectivity index (χ4n) is 8.32. The first-order valence-electron chi connectivity index (χ1n) is 18.2. The lowest BCUT2D eigenvalue weighted by atomic mass is 9.75. The second-order valence-electron chi connectivity index (χ2n) is 16.0. The van der Waals surface area contributed by atoms with Gasteiger partial charge in [0.25, 0.3) is 0 Å². The summed E-state index contributed by atoms with van der Waals surface area (Å²) >= 11 is 0. The number of ketones is 1. The first kappa shape index (κ1) is 41.2. The van der Waals surface area contributed by atoms with E-state index in [0.29, 0.717) is 12.8 Å². The predicted molar refractivity (Wildman–Crippen MR) is 182 cm³/mol. The molecule has 11 heteroatoms. The topological polar surface area (TPSA) is 133 Å². The van der Waals surface area contributed by atoms with Gasteiger partial charge in [0.05, 0.1) is 41.5 Å². The van der Waals surface area contributed by atoms with Gasteiger partial charge in [0.2, 0.25) is 0 Å². The van der Waals surface area contributed by atoms with Crippen LogP contribution < -0.4 is 0 Å². The molecule has 0 bridgehead atoms. The number of carbonyl (C=O) groups excluding carboxylic acids is 2. The van der Waals surface area contributed by atoms with Crippen LogP contribution in [0.3, 0.4) is 0 Å². The molecule has 280 valence electrons. The largest absolute Gasteiger partial charge is 0.462 e. The lowest BCUT2D eigenvalue weighted by Crippen LogP contribution is -2.59. The smallest absolute Gasteiger partial charge is 0.311 e. The van der Waals surface area contributed by atoms with Gasteiger partial charge in [-0.2, -0.15) is 0 Å². The summed E-state index contributed by atoms with van der Waals surface area (Å²) in [7, 11) is 5.61. The van der Waals surface area contributed by atoms with Crippen molar-refractivity contribution in [2.24, 2.45) is 29.6 Å². The Kier molecular flexibility index (Phi) is 14.5. The third-order valence-electron chi connectivity index (χ3n) is 11.6. The van der Waals surface area contributed by atoms with Crippen LogP contribution in [0.25, 0.3) is 0 Å². The van der Waals surface area contributed by atoms with Crippen LogP contribution in [0.1, 0.15) is 108 Å². The van der Waals surface area contributed by atoms with Crippen LogP contribution in [0.15, 0.2) is 0 Å². The molecule has 0 aromatic rings. The molecule has 2 N–H and O–H groups in total. The highest BCUT2D eigenvalue weighted by atomic mass is 16.7. The molecule has 6 unspecified atom stereocenters. The van der Waals surface area contributed by atoms with Gasteiger partial charge in [-0.25, -0.2) is 0 Å². The van der Waals surface area contributed by atoms with E-state index in [1.165, 1.54) is 0 Å². The van der Waals surface area contributed by atoms with Crippen molar-refractivity contribution in [2.75, 3.05) is 21.2 Å². The molecule has 48 heavy (non-hydrogen) atoms. The summed E-state index contributed by atoms with van der Waals surface area (Å²) < 4.78 is 37.8. The highest BCUT2D eigenvalue weighted by Crippen LogP contribution is 2.40. The number of aliphatic hydroxyl groups excluding tert-OH is 1. The van der Waals surface area contributed by atoms with Crippen LogP contribution in [0.2, 0.25) is 0 Å². The Bertz CT molecular complexity index is 1060. The fourth-order valence-corrected chi connectivity index (χ4v) is 8.32. The summed E-state index contributed by atoms with van der Waals surface area (Å²) in [4.78, 5) is 29.9. The number of methoxy groups -OCH3 is 1. The molecule has 0 aromatic heterocycles. The lowest BCUT2D eigenvalue weighted by molar-refractivity contribution is -0.308. The van der Waals surface area contributed by atoms with Gasteiger partial charge >= 0.3 is 5.97 Å². The normalized spacial score (nSPS) is 47.4. The highest BCUT2D eigenvalue weighted by molar-refractivity contribution is 5.83. The first-order valence-corrected chi connectivity index (χ1v) is 18.2. The molecule has 0 spiro atoms. The Morgan fingerprint density at radius 2 is 1.52 bits per heavy atom. The number of cyclic esters (lactones) is 1. The third kappa shape index (κ3) is 9.78. The average molecular weight is 686 g/mol. The minimum absolute atomic E-state index is 0.00914. The van der Waals surface area contributed by atoms with Crippen LogP contribution in [0.4, 0.5) is 0 Å². The van der Waals surface area contributed by atoms with Crippen molar-refractivity contribution in [3.8, 4) is 0 Å². The number of ether oxygens (including phenoxy) is 6. The van der Waals surface area contributed by atoms with Crippen molar-refractivity contribution >= 4 is 11.8 Å². The summed E-state index contributed by atoms with van der Waals surface area (Å²) in [5, 5.41) is 23.2. The Balaban J connectivity index is 2.09. The molecule has 3 rings (SSSR count). The van der Waals surface area contributed by atoms with Gasteiger partial charge in [-0.05, 0) is 87.2 Å². The molecule has 11 nitrogen and oxygen atoms in total. The standard InChI is InChI=1S/C37H67NO10/c1-14-27-15-20(2)31(39)21(3)18-36(9,42)34(48-29-17-28(38(11)12)16-22(4)44-29)23(5)32(24(6)35(41)46-25(27)7)47-30-19-37(10,43-13)33(40)26(8)45-30/h20-30,32-34,40,42H,14-19H2,1-13H3/t20?,21-,22?,23+,24?,25-,26?,27-,28?,29?,30+,32+,33+,34-,36-,37-/m1/s1. The molecule has 3 aliphatic heterocycles. The first-order chi connectivity index (χ1) is 22.2. The molecule has 0 aromatic carbocycles. The van der Waals surface area contributed by atoms with Crippen LogP contribution in [-0.2, 0) is 38.0 Å². The number of hydrogen-bond donors (Lipinski definition) is 2. The van der Waals surface area contributed by atoms with E-state index in [9.17, 15) is 19.8 Å². The third-order valence-corrected chi connectivity index (χ3v) is 11.6. The second-order valence-corrected chi connectivity index (χ2v) is 16.0. The fraction of sp³-hybridized carbons (Fsp3) is 0.946. The van der Waals surface area contributed by atoms with Gasteiger partial charge < -0.3 is 43.5 Å². The zero-order chi connectivity index (χ0) is 36.3. The van der Waals surface area contributed by atoms with Gasteiger partial charge in [0.1, 0.15) is 18.0 Å². The summed E-state index contributed by atoms with van der Waals surface area (Å²) in [6.45, 7) is 18.7. The van der Waals surface area contributed by atoms with E-state index < -0.39 is 78.0 Å². The maximum atomic E-state index is 14.0. The van der Waals surface area contributed by atoms with Gasteiger partial charge in [-0.1, -0.05) is 27.7 Å². The second kappa shape index (κ2) is 16.9. The molecule has 0 amide bonds. The molecular weight excluding hydrogens is 618 g/mol. The maximum absolute atomic E-state index is 14.0. The summed E-state index contributed by atoms with van der Waals surface area (Å²) in [6.07, 6.45) is -2.02. The lowest BCUT2D eigenvalue weighted by Gasteiger charge is -2.48. The highest BCUT2D eigenvalue weighted by Gasteiger charge is 2.51. The van der Waals surface area contributed by atoms with Crippen LogP contribution in [-0.4, -0.2) is 115 Å². The SMILES string of the molecule is CC[C@@H]1CC(C)C(=O)[C@H](C)C[C@@](C)(O)[C@H](OC2CC(N(C)C)CC(C)O2)[C@@H](C)[C@H](O[C@H]2C[C@@](C)(OC)[C@@H](O)C(C)O2)C(C)C(=O)O[C@@H]1C. The maximum Gasteiger partial charge on any atom is 0.311 e. The van der Waals surface area contributed by atoms with E-state index in [0.717, 1.165) is 12.8 Å². The monoisotopic (exact) mass is 685 g/mol. The van der Waals surface area contributed by atoms with Gasteiger partial charge in [0.15, 0.2) is 12.6 Å². The number of nitrogens with zero attached hydrogens (tertiary/aromatic N) is 1. The number of esters is 1. The van der Waals surface area contributed by atoms with Crippen LogP contribution in [0.5, 0.6) is 0 Å². The molecule has 3 aliphatic rings. The van der Waals surface area contributed by atoms with E-state index in [4.69, 9.17) is 28.4 Å². The number of aliphatic hydroxyl groups is 2.